The summed E-state index contributed by atoms with van der Waals surface area (Å²) in [6.45, 7) is 3.52. The average molecular weight is 252 g/mol. The number of likely N-dealkylation sites (tertiary alicyclic amines) is 1. The molecule has 0 radical (unpaired) electrons. The minimum atomic E-state index is 0.0990. The van der Waals surface area contributed by atoms with E-state index in [1.54, 1.807) is 4.90 Å². The van der Waals surface area contributed by atoms with E-state index in [-0.39, 0.29) is 18.0 Å². The van der Waals surface area contributed by atoms with Crippen molar-refractivity contribution in [1.29, 1.82) is 0 Å². The van der Waals surface area contributed by atoms with Gasteiger partial charge in [0.2, 0.25) is 0 Å². The largest absolute Gasteiger partial charge is 0.328 e. The molecule has 4 heteroatoms. The summed E-state index contributed by atoms with van der Waals surface area (Å²) in [7, 11) is 1.84. The topological polar surface area (TPSA) is 40.6 Å². The van der Waals surface area contributed by atoms with Gasteiger partial charge in [-0.25, -0.2) is 4.79 Å². The smallest absolute Gasteiger partial charge is 0.320 e. The van der Waals surface area contributed by atoms with Gasteiger partial charge in [0, 0.05) is 38.5 Å². The number of carbonyl (C=O) groups is 2. The lowest BCUT2D eigenvalue weighted by Crippen LogP contribution is -2.52. The van der Waals surface area contributed by atoms with Gasteiger partial charge in [-0.3, -0.25) is 4.79 Å². The van der Waals surface area contributed by atoms with Crippen molar-refractivity contribution in [2.45, 2.75) is 51.5 Å². The van der Waals surface area contributed by atoms with Crippen LogP contribution >= 0.6 is 0 Å². The second kappa shape index (κ2) is 5.72. The van der Waals surface area contributed by atoms with E-state index in [9.17, 15) is 9.59 Å². The summed E-state index contributed by atoms with van der Waals surface area (Å²) in [5.74, 6) is 0.485. The molecule has 2 fully saturated rings. The molecular weight excluding hydrogens is 228 g/mol. The number of hydrogen-bond donors (Lipinski definition) is 0. The molecule has 2 rings (SSSR count). The van der Waals surface area contributed by atoms with E-state index in [1.807, 2.05) is 18.9 Å². The van der Waals surface area contributed by atoms with Gasteiger partial charge in [-0.2, -0.15) is 0 Å². The van der Waals surface area contributed by atoms with Gasteiger partial charge < -0.3 is 9.80 Å². The number of Topliss-reactive ketones (excluding diaryl/α,β-unsaturated/α-hetero) is 1. The third-order valence-electron chi connectivity index (χ3n) is 4.41. The number of hydrogen-bond acceptors (Lipinski definition) is 2. The Balaban J connectivity index is 2.10. The van der Waals surface area contributed by atoms with Gasteiger partial charge in [0.05, 0.1) is 0 Å². The van der Waals surface area contributed by atoms with Crippen LogP contribution in [0.25, 0.3) is 0 Å². The van der Waals surface area contributed by atoms with Crippen molar-refractivity contribution in [2.75, 3.05) is 20.1 Å². The van der Waals surface area contributed by atoms with Crippen molar-refractivity contribution in [3.63, 3.8) is 0 Å². The molecule has 1 aliphatic carbocycles. The highest BCUT2D eigenvalue weighted by atomic mass is 16.2. The summed E-state index contributed by atoms with van der Waals surface area (Å²) in [5, 5.41) is 0. The van der Waals surface area contributed by atoms with Gasteiger partial charge in [0.25, 0.3) is 0 Å². The third kappa shape index (κ3) is 2.52. The van der Waals surface area contributed by atoms with Crippen LogP contribution in [0, 0.1) is 5.92 Å². The molecule has 0 bridgehead atoms. The molecule has 4 nitrogen and oxygen atoms in total. The first kappa shape index (κ1) is 13.4. The lowest BCUT2D eigenvalue weighted by molar-refractivity contribution is -0.122. The number of ketones is 1. The van der Waals surface area contributed by atoms with E-state index < -0.39 is 0 Å². The van der Waals surface area contributed by atoms with Crippen LogP contribution in [0.2, 0.25) is 0 Å². The molecule has 0 N–H and O–H groups in total. The number of piperidine rings is 1. The third-order valence-corrected chi connectivity index (χ3v) is 4.41. The van der Waals surface area contributed by atoms with Gasteiger partial charge in [0.1, 0.15) is 5.78 Å². The van der Waals surface area contributed by atoms with Crippen LogP contribution in [0.5, 0.6) is 0 Å². The number of nitrogens with zero attached hydrogens (tertiary/aromatic N) is 2. The van der Waals surface area contributed by atoms with Crippen LogP contribution in [0.4, 0.5) is 4.79 Å². The van der Waals surface area contributed by atoms with Crippen LogP contribution in [-0.2, 0) is 4.79 Å². The number of carbonyl (C=O) groups excluding carboxylic acids is 2. The number of amides is 2. The van der Waals surface area contributed by atoms with Crippen molar-refractivity contribution < 1.29 is 9.59 Å². The fourth-order valence-electron chi connectivity index (χ4n) is 3.22. The lowest BCUT2D eigenvalue weighted by atomic mass is 9.88. The Hall–Kier alpha value is -1.06. The molecular formula is C14H24N2O2. The van der Waals surface area contributed by atoms with Crippen molar-refractivity contribution >= 4 is 11.8 Å². The van der Waals surface area contributed by atoms with Crippen LogP contribution in [-0.4, -0.2) is 47.8 Å². The van der Waals surface area contributed by atoms with Crippen molar-refractivity contribution in [1.82, 2.24) is 9.80 Å². The van der Waals surface area contributed by atoms with E-state index in [1.165, 1.54) is 0 Å². The van der Waals surface area contributed by atoms with Gasteiger partial charge >= 0.3 is 6.03 Å². The Morgan fingerprint density at radius 2 is 2.11 bits per heavy atom. The van der Waals surface area contributed by atoms with E-state index in [0.29, 0.717) is 12.2 Å². The van der Waals surface area contributed by atoms with E-state index in [4.69, 9.17) is 0 Å². The highest BCUT2D eigenvalue weighted by Gasteiger charge is 2.39. The summed E-state index contributed by atoms with van der Waals surface area (Å²) in [5.41, 5.74) is 0. The summed E-state index contributed by atoms with van der Waals surface area (Å²) in [4.78, 5) is 28.0. The number of rotatable bonds is 2. The molecule has 0 aromatic carbocycles. The Bertz CT molecular complexity index is 330. The Morgan fingerprint density at radius 3 is 2.72 bits per heavy atom. The maximum atomic E-state index is 12.3. The minimum absolute atomic E-state index is 0.0990. The predicted molar refractivity (Wildman–Crippen MR) is 70.4 cm³/mol. The van der Waals surface area contributed by atoms with Gasteiger partial charge in [-0.05, 0) is 39.0 Å². The maximum absolute atomic E-state index is 12.3. The quantitative estimate of drug-likeness (QED) is 0.756. The summed E-state index contributed by atoms with van der Waals surface area (Å²) in [6, 6.07) is 0.261. The summed E-state index contributed by atoms with van der Waals surface area (Å²) >= 11 is 0. The fraction of sp³-hybridized carbons (Fsp3) is 0.857. The van der Waals surface area contributed by atoms with Crippen LogP contribution in [0.15, 0.2) is 0 Å². The molecule has 1 saturated carbocycles. The van der Waals surface area contributed by atoms with E-state index in [0.717, 1.165) is 45.2 Å². The molecule has 1 saturated heterocycles. The molecule has 18 heavy (non-hydrogen) atoms. The first-order chi connectivity index (χ1) is 8.65. The standard InChI is InChI=1S/C14H24N2O2/c1-3-15(2)14(18)16-10-5-4-8-12(16)11-7-6-9-13(11)17/h11-12H,3-10H2,1-2H3. The highest BCUT2D eigenvalue weighted by Crippen LogP contribution is 2.33. The molecule has 102 valence electrons. The molecule has 2 unspecified atom stereocenters. The molecule has 0 aromatic heterocycles. The molecule has 2 amide bonds. The molecule has 1 aliphatic heterocycles. The van der Waals surface area contributed by atoms with E-state index in [2.05, 4.69) is 0 Å². The van der Waals surface area contributed by atoms with Gasteiger partial charge in [-0.15, -0.1) is 0 Å². The monoisotopic (exact) mass is 252 g/mol. The fourth-order valence-corrected chi connectivity index (χ4v) is 3.22. The predicted octanol–water partition coefficient (Wildman–Crippen LogP) is 2.28. The Morgan fingerprint density at radius 1 is 1.33 bits per heavy atom. The number of urea groups is 1. The first-order valence-electron chi connectivity index (χ1n) is 7.19. The Kier molecular flexibility index (Phi) is 4.25. The molecule has 0 aromatic rings. The van der Waals surface area contributed by atoms with E-state index >= 15 is 0 Å². The normalized spacial score (nSPS) is 28.6. The molecule has 1 heterocycles. The van der Waals surface area contributed by atoms with Crippen LogP contribution in [0.1, 0.15) is 45.4 Å². The molecule has 0 spiro atoms. The SMILES string of the molecule is CCN(C)C(=O)N1CCCCC1C1CCCC1=O. The van der Waals surface area contributed by atoms with Crippen LogP contribution in [0.3, 0.4) is 0 Å². The minimum Gasteiger partial charge on any atom is -0.328 e. The lowest BCUT2D eigenvalue weighted by Gasteiger charge is -2.40. The van der Waals surface area contributed by atoms with Crippen molar-refractivity contribution in [2.24, 2.45) is 5.92 Å². The Labute approximate surface area is 109 Å². The zero-order chi connectivity index (χ0) is 13.1. The average Bonchev–Trinajstić information content (AvgIpc) is 2.83. The molecule has 2 atom stereocenters. The van der Waals surface area contributed by atoms with Gasteiger partial charge in [-0.1, -0.05) is 0 Å². The summed E-state index contributed by atoms with van der Waals surface area (Å²) in [6.07, 6.45) is 5.91. The first-order valence-corrected chi connectivity index (χ1v) is 7.19. The van der Waals surface area contributed by atoms with Gasteiger partial charge in [0.15, 0.2) is 0 Å². The zero-order valence-electron chi connectivity index (χ0n) is 11.5. The van der Waals surface area contributed by atoms with Crippen LogP contribution < -0.4 is 0 Å². The second-order valence-corrected chi connectivity index (χ2v) is 5.52. The second-order valence-electron chi connectivity index (χ2n) is 5.52. The van der Waals surface area contributed by atoms with Crippen molar-refractivity contribution in [3.05, 3.63) is 0 Å². The maximum Gasteiger partial charge on any atom is 0.320 e. The zero-order valence-corrected chi connectivity index (χ0v) is 11.5. The van der Waals surface area contributed by atoms with Crippen molar-refractivity contribution in [3.8, 4) is 0 Å². The molecule has 2 aliphatic rings. The summed E-state index contributed by atoms with van der Waals surface area (Å²) < 4.78 is 0. The highest BCUT2D eigenvalue weighted by molar-refractivity contribution is 5.84.